The molecule has 0 unspecified atom stereocenters. The Hall–Kier alpha value is -1.84. The summed E-state index contributed by atoms with van der Waals surface area (Å²) in [7, 11) is 0. The Labute approximate surface area is 101 Å². The zero-order chi connectivity index (χ0) is 12.7. The molecule has 92 valence electrons. The second-order valence-corrected chi connectivity index (χ2v) is 3.91. The highest BCUT2D eigenvalue weighted by Gasteiger charge is 2.17. The van der Waals surface area contributed by atoms with Gasteiger partial charge < -0.3 is 10.4 Å². The maximum absolute atomic E-state index is 11.7. The second kappa shape index (κ2) is 6.68. The summed E-state index contributed by atoms with van der Waals surface area (Å²) in [6, 6.07) is 9.71. The maximum Gasteiger partial charge on any atom is 0.322 e. The van der Waals surface area contributed by atoms with Crippen LogP contribution in [0.4, 0.5) is 0 Å². The maximum atomic E-state index is 11.7. The van der Waals surface area contributed by atoms with Crippen LogP contribution in [0.3, 0.4) is 0 Å². The molecule has 0 heterocycles. The van der Waals surface area contributed by atoms with E-state index >= 15 is 0 Å². The molecule has 1 aromatic carbocycles. The number of hydrogen-bond acceptors (Lipinski definition) is 2. The number of carbonyl (C=O) groups excluding carboxylic acids is 1. The number of benzene rings is 1. The third-order valence-corrected chi connectivity index (χ3v) is 2.60. The van der Waals surface area contributed by atoms with Crippen molar-refractivity contribution < 1.29 is 14.7 Å². The summed E-state index contributed by atoms with van der Waals surface area (Å²) >= 11 is 0. The zero-order valence-corrected chi connectivity index (χ0v) is 9.85. The average molecular weight is 235 g/mol. The number of carboxylic acid groups (broad SMARTS) is 1. The van der Waals surface area contributed by atoms with Crippen molar-refractivity contribution >= 4 is 11.9 Å². The molecule has 2 N–H and O–H groups in total. The fraction of sp³-hybridized carbons (Fsp3) is 0.385. The van der Waals surface area contributed by atoms with Crippen LogP contribution in [0.5, 0.6) is 0 Å². The van der Waals surface area contributed by atoms with Crippen molar-refractivity contribution in [2.24, 2.45) is 5.92 Å². The van der Waals surface area contributed by atoms with E-state index in [1.807, 2.05) is 37.3 Å². The second-order valence-electron chi connectivity index (χ2n) is 3.91. The van der Waals surface area contributed by atoms with Crippen molar-refractivity contribution in [1.82, 2.24) is 5.32 Å². The fourth-order valence-corrected chi connectivity index (χ4v) is 1.63. The third kappa shape index (κ3) is 4.68. The largest absolute Gasteiger partial charge is 0.480 e. The minimum Gasteiger partial charge on any atom is -0.480 e. The van der Waals surface area contributed by atoms with Gasteiger partial charge in [-0.25, -0.2) is 0 Å². The highest BCUT2D eigenvalue weighted by Crippen LogP contribution is 2.12. The van der Waals surface area contributed by atoms with E-state index in [2.05, 4.69) is 5.32 Å². The normalized spacial score (nSPS) is 11.8. The third-order valence-electron chi connectivity index (χ3n) is 2.60. The lowest BCUT2D eigenvalue weighted by atomic mass is 9.96. The predicted molar refractivity (Wildman–Crippen MR) is 64.6 cm³/mol. The summed E-state index contributed by atoms with van der Waals surface area (Å²) < 4.78 is 0. The monoisotopic (exact) mass is 235 g/mol. The molecule has 0 aliphatic rings. The van der Waals surface area contributed by atoms with Crippen LogP contribution in [0.1, 0.15) is 18.9 Å². The first-order valence-corrected chi connectivity index (χ1v) is 5.67. The molecule has 1 rings (SSSR count). The molecule has 1 amide bonds. The molecule has 4 heteroatoms. The van der Waals surface area contributed by atoms with Gasteiger partial charge >= 0.3 is 5.97 Å². The molecule has 0 aliphatic carbocycles. The molecule has 17 heavy (non-hydrogen) atoms. The molecule has 0 bridgehead atoms. The standard InChI is InChI=1S/C13H17NO3/c1-2-11(13(17)14-9-12(15)16)8-10-6-4-3-5-7-10/h3-7,11H,2,8-9H2,1H3,(H,14,17)(H,15,16)/t11-/m1/s1. The van der Waals surface area contributed by atoms with Gasteiger partial charge in [-0.15, -0.1) is 0 Å². The van der Waals surface area contributed by atoms with Gasteiger partial charge in [0.25, 0.3) is 0 Å². The molecule has 0 aliphatic heterocycles. The van der Waals surface area contributed by atoms with E-state index in [4.69, 9.17) is 5.11 Å². The molecule has 4 nitrogen and oxygen atoms in total. The number of hydrogen-bond donors (Lipinski definition) is 2. The first-order chi connectivity index (χ1) is 8.13. The lowest BCUT2D eigenvalue weighted by Gasteiger charge is -2.14. The van der Waals surface area contributed by atoms with Gasteiger partial charge in [0.05, 0.1) is 0 Å². The van der Waals surface area contributed by atoms with Crippen molar-refractivity contribution in [1.29, 1.82) is 0 Å². The van der Waals surface area contributed by atoms with Crippen LogP contribution in [-0.2, 0) is 16.0 Å². The number of nitrogens with one attached hydrogen (secondary N) is 1. The van der Waals surface area contributed by atoms with Crippen molar-refractivity contribution in [2.45, 2.75) is 19.8 Å². The van der Waals surface area contributed by atoms with Gasteiger partial charge in [-0.2, -0.15) is 0 Å². The lowest BCUT2D eigenvalue weighted by molar-refractivity contribution is -0.138. The number of carboxylic acids is 1. The summed E-state index contributed by atoms with van der Waals surface area (Å²) in [5.41, 5.74) is 1.09. The van der Waals surface area contributed by atoms with Gasteiger partial charge in [0.2, 0.25) is 5.91 Å². The number of carbonyl (C=O) groups is 2. The Morgan fingerprint density at radius 1 is 1.29 bits per heavy atom. The molecule has 0 radical (unpaired) electrons. The van der Waals surface area contributed by atoms with E-state index in [-0.39, 0.29) is 18.4 Å². The van der Waals surface area contributed by atoms with Crippen molar-refractivity contribution in [3.05, 3.63) is 35.9 Å². The Balaban J connectivity index is 2.53. The predicted octanol–water partition coefficient (Wildman–Crippen LogP) is 1.46. The topological polar surface area (TPSA) is 66.4 Å². The molecule has 0 fully saturated rings. The number of aliphatic carboxylic acids is 1. The molecular weight excluding hydrogens is 218 g/mol. The van der Waals surface area contributed by atoms with Crippen LogP contribution >= 0.6 is 0 Å². The van der Waals surface area contributed by atoms with Gasteiger partial charge in [-0.05, 0) is 18.4 Å². The summed E-state index contributed by atoms with van der Waals surface area (Å²) in [5.74, 6) is -1.39. The van der Waals surface area contributed by atoms with E-state index in [9.17, 15) is 9.59 Å². The summed E-state index contributed by atoms with van der Waals surface area (Å²) in [4.78, 5) is 22.1. The number of rotatable bonds is 6. The van der Waals surface area contributed by atoms with Crippen LogP contribution in [0.15, 0.2) is 30.3 Å². The SMILES string of the molecule is CC[C@H](Cc1ccccc1)C(=O)NCC(=O)O. The highest BCUT2D eigenvalue weighted by molar-refractivity contribution is 5.83. The van der Waals surface area contributed by atoms with Gasteiger partial charge in [0, 0.05) is 5.92 Å². The van der Waals surface area contributed by atoms with Gasteiger partial charge in [0.1, 0.15) is 6.54 Å². The lowest BCUT2D eigenvalue weighted by Crippen LogP contribution is -2.35. The van der Waals surface area contributed by atoms with Crippen LogP contribution in [0.2, 0.25) is 0 Å². The van der Waals surface area contributed by atoms with Crippen LogP contribution < -0.4 is 5.32 Å². The Morgan fingerprint density at radius 2 is 1.94 bits per heavy atom. The Kier molecular flexibility index (Phi) is 5.20. The molecular formula is C13H17NO3. The van der Waals surface area contributed by atoms with Gasteiger partial charge in [0.15, 0.2) is 0 Å². The van der Waals surface area contributed by atoms with E-state index < -0.39 is 5.97 Å². The molecule has 0 aromatic heterocycles. The van der Waals surface area contributed by atoms with Crippen molar-refractivity contribution in [3.8, 4) is 0 Å². The molecule has 0 spiro atoms. The minimum atomic E-state index is -1.02. The molecule has 0 saturated carbocycles. The van der Waals surface area contributed by atoms with E-state index in [1.165, 1.54) is 0 Å². The Morgan fingerprint density at radius 3 is 2.47 bits per heavy atom. The first kappa shape index (κ1) is 13.2. The average Bonchev–Trinajstić information content (AvgIpc) is 2.34. The van der Waals surface area contributed by atoms with Crippen LogP contribution in [0, 0.1) is 5.92 Å². The summed E-state index contributed by atoms with van der Waals surface area (Å²) in [5, 5.41) is 10.9. The molecule has 0 saturated heterocycles. The smallest absolute Gasteiger partial charge is 0.322 e. The van der Waals surface area contributed by atoms with Crippen LogP contribution in [0.25, 0.3) is 0 Å². The van der Waals surface area contributed by atoms with E-state index in [0.717, 1.165) is 5.56 Å². The summed E-state index contributed by atoms with van der Waals surface area (Å²) in [6.07, 6.45) is 1.34. The quantitative estimate of drug-likeness (QED) is 0.784. The van der Waals surface area contributed by atoms with E-state index in [1.54, 1.807) is 0 Å². The minimum absolute atomic E-state index is 0.170. The highest BCUT2D eigenvalue weighted by atomic mass is 16.4. The fourth-order valence-electron chi connectivity index (χ4n) is 1.63. The van der Waals surface area contributed by atoms with Gasteiger partial charge in [-0.3, -0.25) is 9.59 Å². The molecule has 1 aromatic rings. The Bertz CT molecular complexity index is 376. The zero-order valence-electron chi connectivity index (χ0n) is 9.85. The van der Waals surface area contributed by atoms with Crippen LogP contribution in [-0.4, -0.2) is 23.5 Å². The summed E-state index contributed by atoms with van der Waals surface area (Å²) in [6.45, 7) is 1.61. The van der Waals surface area contributed by atoms with Gasteiger partial charge in [-0.1, -0.05) is 37.3 Å². The molecule has 1 atom stereocenters. The van der Waals surface area contributed by atoms with Crippen molar-refractivity contribution in [3.63, 3.8) is 0 Å². The number of amides is 1. The van der Waals surface area contributed by atoms with Crippen molar-refractivity contribution in [2.75, 3.05) is 6.54 Å². The first-order valence-electron chi connectivity index (χ1n) is 5.67. The van der Waals surface area contributed by atoms with E-state index in [0.29, 0.717) is 12.8 Å².